The van der Waals surface area contributed by atoms with Gasteiger partial charge in [0, 0.05) is 6.26 Å². The molecule has 1 unspecified atom stereocenters. The molecule has 0 saturated carbocycles. The molecule has 0 aromatic rings. The van der Waals surface area contributed by atoms with E-state index in [2.05, 4.69) is 0 Å². The van der Waals surface area contributed by atoms with Gasteiger partial charge in [0.2, 0.25) is 0 Å². The number of carbonyl (C=O) groups is 1. The predicted molar refractivity (Wildman–Crippen MR) is 50.4 cm³/mol. The second-order valence-electron chi connectivity index (χ2n) is 3.60. The van der Waals surface area contributed by atoms with E-state index in [9.17, 15) is 13.2 Å². The maximum Gasteiger partial charge on any atom is 0.309 e. The number of hydrogen-bond acceptors (Lipinski definition) is 3. The molecule has 1 atom stereocenters. The largest absolute Gasteiger partial charge is 0.481 e. The summed E-state index contributed by atoms with van der Waals surface area (Å²) in [5.41, 5.74) is -0.914. The smallest absolute Gasteiger partial charge is 0.309 e. The summed E-state index contributed by atoms with van der Waals surface area (Å²) in [6, 6.07) is 0. The van der Waals surface area contributed by atoms with Crippen LogP contribution in [0.3, 0.4) is 0 Å². The minimum absolute atomic E-state index is 0.0658. The van der Waals surface area contributed by atoms with E-state index >= 15 is 0 Å². The van der Waals surface area contributed by atoms with Gasteiger partial charge in [0.1, 0.15) is 9.84 Å². The SMILES string of the molecule is CCC(C)(CCS(C)(=O)=O)C(=O)O. The van der Waals surface area contributed by atoms with Crippen molar-refractivity contribution < 1.29 is 18.3 Å². The fraction of sp³-hybridized carbons (Fsp3) is 0.875. The van der Waals surface area contributed by atoms with Crippen LogP contribution in [-0.4, -0.2) is 31.5 Å². The van der Waals surface area contributed by atoms with Gasteiger partial charge in [-0.15, -0.1) is 0 Å². The summed E-state index contributed by atoms with van der Waals surface area (Å²) >= 11 is 0. The van der Waals surface area contributed by atoms with Gasteiger partial charge in [-0.05, 0) is 19.8 Å². The fourth-order valence-electron chi connectivity index (χ4n) is 0.846. The molecule has 78 valence electrons. The van der Waals surface area contributed by atoms with E-state index < -0.39 is 21.2 Å². The average molecular weight is 208 g/mol. The molecule has 0 fully saturated rings. The first-order chi connectivity index (χ1) is 5.71. The molecule has 0 aliphatic carbocycles. The number of carboxylic acid groups (broad SMARTS) is 1. The van der Waals surface area contributed by atoms with Gasteiger partial charge in [-0.2, -0.15) is 0 Å². The molecular weight excluding hydrogens is 192 g/mol. The number of rotatable bonds is 5. The summed E-state index contributed by atoms with van der Waals surface area (Å²) < 4.78 is 21.6. The number of hydrogen-bond donors (Lipinski definition) is 1. The Bertz CT molecular complexity index is 281. The van der Waals surface area contributed by atoms with Crippen molar-refractivity contribution in [1.29, 1.82) is 0 Å². The van der Waals surface area contributed by atoms with Crippen LogP contribution in [0.5, 0.6) is 0 Å². The van der Waals surface area contributed by atoms with Crippen LogP contribution in [0.2, 0.25) is 0 Å². The summed E-state index contributed by atoms with van der Waals surface area (Å²) in [6.07, 6.45) is 1.74. The van der Waals surface area contributed by atoms with E-state index in [1.807, 2.05) is 0 Å². The highest BCUT2D eigenvalue weighted by atomic mass is 32.2. The topological polar surface area (TPSA) is 71.4 Å². The van der Waals surface area contributed by atoms with Gasteiger partial charge in [0.05, 0.1) is 11.2 Å². The van der Waals surface area contributed by atoms with Gasteiger partial charge in [-0.1, -0.05) is 6.92 Å². The van der Waals surface area contributed by atoms with Crippen LogP contribution >= 0.6 is 0 Å². The Morgan fingerprint density at radius 2 is 1.92 bits per heavy atom. The third-order valence-corrected chi connectivity index (χ3v) is 3.27. The van der Waals surface area contributed by atoms with E-state index in [1.165, 1.54) is 0 Å². The standard InChI is InChI=1S/C8H16O4S/c1-4-8(2,7(9)10)5-6-13(3,11)12/h4-6H2,1-3H3,(H,9,10). The molecule has 13 heavy (non-hydrogen) atoms. The molecule has 4 nitrogen and oxygen atoms in total. The quantitative estimate of drug-likeness (QED) is 0.729. The Morgan fingerprint density at radius 3 is 2.15 bits per heavy atom. The predicted octanol–water partition coefficient (Wildman–Crippen LogP) is 0.922. The molecule has 0 rings (SSSR count). The third-order valence-electron chi connectivity index (χ3n) is 2.32. The first kappa shape index (κ1) is 12.4. The van der Waals surface area contributed by atoms with Crippen LogP contribution in [0.1, 0.15) is 26.7 Å². The molecular formula is C8H16O4S. The van der Waals surface area contributed by atoms with Crippen LogP contribution in [0.4, 0.5) is 0 Å². The highest BCUT2D eigenvalue weighted by molar-refractivity contribution is 7.90. The van der Waals surface area contributed by atoms with Crippen LogP contribution < -0.4 is 0 Å². The second-order valence-corrected chi connectivity index (χ2v) is 5.86. The van der Waals surface area contributed by atoms with Crippen molar-refractivity contribution in [2.75, 3.05) is 12.0 Å². The van der Waals surface area contributed by atoms with Crippen molar-refractivity contribution in [2.24, 2.45) is 5.41 Å². The minimum atomic E-state index is -3.06. The third kappa shape index (κ3) is 4.26. The molecule has 5 heteroatoms. The summed E-state index contributed by atoms with van der Waals surface area (Å²) in [5, 5.41) is 8.83. The Kier molecular flexibility index (Phi) is 3.90. The van der Waals surface area contributed by atoms with E-state index in [1.54, 1.807) is 13.8 Å². The van der Waals surface area contributed by atoms with Gasteiger partial charge in [-0.3, -0.25) is 4.79 Å². The summed E-state index contributed by atoms with van der Waals surface area (Å²) in [4.78, 5) is 10.8. The van der Waals surface area contributed by atoms with Gasteiger partial charge in [-0.25, -0.2) is 8.42 Å². The summed E-state index contributed by atoms with van der Waals surface area (Å²) in [7, 11) is -3.06. The van der Waals surface area contributed by atoms with Crippen molar-refractivity contribution in [3.8, 4) is 0 Å². The molecule has 0 heterocycles. The number of carboxylic acids is 1. The molecule has 1 N–H and O–H groups in total. The number of sulfone groups is 1. The highest BCUT2D eigenvalue weighted by Crippen LogP contribution is 2.26. The molecule has 0 saturated heterocycles. The molecule has 0 aromatic carbocycles. The molecule has 0 radical (unpaired) electrons. The normalized spacial score (nSPS) is 16.5. The lowest BCUT2D eigenvalue weighted by Gasteiger charge is -2.21. The molecule has 0 aliphatic rings. The Balaban J connectivity index is 4.39. The Hall–Kier alpha value is -0.580. The van der Waals surface area contributed by atoms with Gasteiger partial charge in [0.15, 0.2) is 0 Å². The minimum Gasteiger partial charge on any atom is -0.481 e. The van der Waals surface area contributed by atoms with Crippen LogP contribution in [0.25, 0.3) is 0 Å². The monoisotopic (exact) mass is 208 g/mol. The zero-order chi connectivity index (χ0) is 10.7. The lowest BCUT2D eigenvalue weighted by molar-refractivity contribution is -0.148. The number of aliphatic carboxylic acids is 1. The van der Waals surface area contributed by atoms with Crippen molar-refractivity contribution in [3.63, 3.8) is 0 Å². The van der Waals surface area contributed by atoms with Gasteiger partial charge < -0.3 is 5.11 Å². The maximum atomic E-state index is 10.8. The first-order valence-electron chi connectivity index (χ1n) is 4.12. The molecule has 0 aromatic heterocycles. The second kappa shape index (κ2) is 4.09. The lowest BCUT2D eigenvalue weighted by Crippen LogP contribution is -2.29. The van der Waals surface area contributed by atoms with E-state index in [0.29, 0.717) is 6.42 Å². The Labute approximate surface area is 78.9 Å². The summed E-state index contributed by atoms with van der Waals surface area (Å²) in [5.74, 6) is -0.998. The van der Waals surface area contributed by atoms with Crippen LogP contribution in [0.15, 0.2) is 0 Å². The molecule has 0 spiro atoms. The fourth-order valence-corrected chi connectivity index (χ4v) is 1.67. The van der Waals surface area contributed by atoms with Crippen LogP contribution in [-0.2, 0) is 14.6 Å². The summed E-state index contributed by atoms with van der Waals surface area (Å²) in [6.45, 7) is 3.32. The van der Waals surface area contributed by atoms with Crippen molar-refractivity contribution in [3.05, 3.63) is 0 Å². The first-order valence-corrected chi connectivity index (χ1v) is 6.18. The zero-order valence-electron chi connectivity index (χ0n) is 8.20. The zero-order valence-corrected chi connectivity index (χ0v) is 9.02. The van der Waals surface area contributed by atoms with Crippen molar-refractivity contribution in [2.45, 2.75) is 26.7 Å². The van der Waals surface area contributed by atoms with Gasteiger partial charge >= 0.3 is 5.97 Å². The van der Waals surface area contributed by atoms with E-state index in [4.69, 9.17) is 5.11 Å². The molecule has 0 aliphatic heterocycles. The van der Waals surface area contributed by atoms with E-state index in [-0.39, 0.29) is 12.2 Å². The molecule has 0 bridgehead atoms. The van der Waals surface area contributed by atoms with Crippen molar-refractivity contribution >= 4 is 15.8 Å². The lowest BCUT2D eigenvalue weighted by atomic mass is 9.85. The maximum absolute atomic E-state index is 10.8. The molecule has 0 amide bonds. The van der Waals surface area contributed by atoms with Crippen LogP contribution in [0, 0.1) is 5.41 Å². The van der Waals surface area contributed by atoms with Crippen molar-refractivity contribution in [1.82, 2.24) is 0 Å². The highest BCUT2D eigenvalue weighted by Gasteiger charge is 2.31. The van der Waals surface area contributed by atoms with E-state index in [0.717, 1.165) is 6.26 Å². The Morgan fingerprint density at radius 1 is 1.46 bits per heavy atom. The average Bonchev–Trinajstić information content (AvgIpc) is 1.98. The van der Waals surface area contributed by atoms with Gasteiger partial charge in [0.25, 0.3) is 0 Å².